The normalized spacial score (nSPS) is 11.9. The van der Waals surface area contributed by atoms with E-state index in [2.05, 4.69) is 0 Å². The van der Waals surface area contributed by atoms with Crippen molar-refractivity contribution in [2.24, 2.45) is 0 Å². The zero-order valence-electron chi connectivity index (χ0n) is 11.4. The van der Waals surface area contributed by atoms with E-state index in [-0.39, 0.29) is 0 Å². The number of benzene rings is 2. The molecule has 3 nitrogen and oxygen atoms in total. The molecular formula is C16H16O3S. The lowest BCUT2D eigenvalue weighted by Crippen LogP contribution is -2.18. The van der Waals surface area contributed by atoms with Crippen LogP contribution in [0.25, 0.3) is 0 Å². The molecule has 2 aromatic carbocycles. The molecule has 0 amide bonds. The van der Waals surface area contributed by atoms with Crippen LogP contribution in [0.2, 0.25) is 0 Å². The Balaban J connectivity index is 2.23. The molecule has 0 heterocycles. The summed E-state index contributed by atoms with van der Waals surface area (Å²) < 4.78 is 5.61. The summed E-state index contributed by atoms with van der Waals surface area (Å²) >= 11 is 1.63. The second kappa shape index (κ2) is 6.48. The summed E-state index contributed by atoms with van der Waals surface area (Å²) in [7, 11) is 0. The third kappa shape index (κ3) is 3.54. The Labute approximate surface area is 122 Å². The minimum Gasteiger partial charge on any atom is -0.478 e. The largest absolute Gasteiger partial charge is 0.478 e. The van der Waals surface area contributed by atoms with E-state index in [0.717, 1.165) is 10.5 Å². The molecule has 0 spiro atoms. The molecule has 0 aromatic heterocycles. The van der Waals surface area contributed by atoms with Crippen LogP contribution in [0.3, 0.4) is 0 Å². The first kappa shape index (κ1) is 14.5. The van der Waals surface area contributed by atoms with Gasteiger partial charge in [0.25, 0.3) is 0 Å². The van der Waals surface area contributed by atoms with Gasteiger partial charge in [-0.1, -0.05) is 29.8 Å². The molecule has 2 rings (SSSR count). The Morgan fingerprint density at radius 3 is 2.45 bits per heavy atom. The Bertz CT molecular complexity index is 593. The average molecular weight is 288 g/mol. The molecule has 0 radical (unpaired) electrons. The average Bonchev–Trinajstić information content (AvgIpc) is 2.45. The Kier molecular flexibility index (Phi) is 4.69. The fourth-order valence-corrected chi connectivity index (χ4v) is 2.29. The number of hydrogen-bond acceptors (Lipinski definition) is 3. The minimum absolute atomic E-state index is 0.553. The van der Waals surface area contributed by atoms with E-state index in [4.69, 9.17) is 4.74 Å². The molecule has 0 saturated heterocycles. The lowest BCUT2D eigenvalue weighted by Gasteiger charge is -2.16. The summed E-state index contributed by atoms with van der Waals surface area (Å²) in [6.45, 7) is 1.93. The molecule has 1 unspecified atom stereocenters. The lowest BCUT2D eigenvalue weighted by atomic mass is 10.1. The molecule has 1 atom stereocenters. The van der Waals surface area contributed by atoms with Gasteiger partial charge in [0.2, 0.25) is 6.10 Å². The maximum absolute atomic E-state index is 11.4. The van der Waals surface area contributed by atoms with Crippen LogP contribution in [0, 0.1) is 6.92 Å². The molecule has 0 aliphatic heterocycles. The summed E-state index contributed by atoms with van der Waals surface area (Å²) in [5.41, 5.74) is 1.65. The van der Waals surface area contributed by atoms with Gasteiger partial charge in [-0.25, -0.2) is 4.79 Å². The number of carbonyl (C=O) groups is 1. The number of thioether (sulfide) groups is 1. The summed E-state index contributed by atoms with van der Waals surface area (Å²) in [5, 5.41) is 9.35. The second-order valence-corrected chi connectivity index (χ2v) is 5.31. The van der Waals surface area contributed by atoms with Crippen LogP contribution in [0.15, 0.2) is 53.4 Å². The molecule has 0 saturated carbocycles. The summed E-state index contributed by atoms with van der Waals surface area (Å²) in [5.74, 6) is -0.443. The van der Waals surface area contributed by atoms with Gasteiger partial charge in [0.1, 0.15) is 5.75 Å². The van der Waals surface area contributed by atoms with E-state index in [9.17, 15) is 9.90 Å². The molecule has 2 aromatic rings. The fraction of sp³-hybridized carbons (Fsp3) is 0.188. The molecule has 0 bridgehead atoms. The van der Waals surface area contributed by atoms with Gasteiger partial charge < -0.3 is 9.84 Å². The maximum Gasteiger partial charge on any atom is 0.349 e. The van der Waals surface area contributed by atoms with Crippen molar-refractivity contribution in [1.82, 2.24) is 0 Å². The minimum atomic E-state index is -0.996. The molecule has 0 fully saturated rings. The molecule has 0 aliphatic carbocycles. The van der Waals surface area contributed by atoms with Gasteiger partial charge in [-0.05, 0) is 37.4 Å². The molecule has 4 heteroatoms. The number of hydrogen-bond donors (Lipinski definition) is 1. The third-order valence-corrected chi connectivity index (χ3v) is 3.63. The van der Waals surface area contributed by atoms with Gasteiger partial charge in [0, 0.05) is 10.5 Å². The van der Waals surface area contributed by atoms with Crippen molar-refractivity contribution in [2.45, 2.75) is 17.9 Å². The van der Waals surface area contributed by atoms with Crippen LogP contribution in [-0.2, 0) is 4.79 Å². The highest BCUT2D eigenvalue weighted by Gasteiger charge is 2.21. The first-order valence-electron chi connectivity index (χ1n) is 6.20. The van der Waals surface area contributed by atoms with Crippen molar-refractivity contribution in [1.29, 1.82) is 0 Å². The number of ether oxygens (including phenoxy) is 1. The van der Waals surface area contributed by atoms with Gasteiger partial charge in [-0.2, -0.15) is 0 Å². The fourth-order valence-electron chi connectivity index (χ4n) is 1.88. The highest BCUT2D eigenvalue weighted by molar-refractivity contribution is 7.98. The zero-order valence-corrected chi connectivity index (χ0v) is 12.2. The first-order chi connectivity index (χ1) is 9.60. The summed E-state index contributed by atoms with van der Waals surface area (Å²) in [4.78, 5) is 12.5. The van der Waals surface area contributed by atoms with Crippen molar-refractivity contribution in [3.05, 3.63) is 59.7 Å². The SMILES string of the molecule is CSc1ccc(OC(C(=O)O)c2cccc(C)c2)cc1. The molecular weight excluding hydrogens is 272 g/mol. The quantitative estimate of drug-likeness (QED) is 0.847. The molecule has 20 heavy (non-hydrogen) atoms. The van der Waals surface area contributed by atoms with Crippen LogP contribution >= 0.6 is 11.8 Å². The second-order valence-electron chi connectivity index (χ2n) is 4.43. The van der Waals surface area contributed by atoms with Crippen molar-refractivity contribution < 1.29 is 14.6 Å². The number of rotatable bonds is 5. The van der Waals surface area contributed by atoms with Crippen LogP contribution in [0.5, 0.6) is 5.75 Å². The van der Waals surface area contributed by atoms with Crippen molar-refractivity contribution >= 4 is 17.7 Å². The Hall–Kier alpha value is -1.94. The van der Waals surface area contributed by atoms with Crippen molar-refractivity contribution in [3.8, 4) is 5.75 Å². The van der Waals surface area contributed by atoms with Gasteiger partial charge in [-0.3, -0.25) is 0 Å². The number of aryl methyl sites for hydroxylation is 1. The van der Waals surface area contributed by atoms with Gasteiger partial charge in [0.15, 0.2) is 0 Å². The lowest BCUT2D eigenvalue weighted by molar-refractivity contribution is -0.145. The monoisotopic (exact) mass is 288 g/mol. The van der Waals surface area contributed by atoms with Crippen LogP contribution in [0.4, 0.5) is 0 Å². The number of carboxylic acid groups (broad SMARTS) is 1. The van der Waals surface area contributed by atoms with E-state index >= 15 is 0 Å². The molecule has 1 N–H and O–H groups in total. The topological polar surface area (TPSA) is 46.5 Å². The number of aliphatic carboxylic acids is 1. The van der Waals surface area contributed by atoms with Crippen molar-refractivity contribution in [3.63, 3.8) is 0 Å². The highest BCUT2D eigenvalue weighted by Crippen LogP contribution is 2.25. The predicted molar refractivity (Wildman–Crippen MR) is 80.4 cm³/mol. The Morgan fingerprint density at radius 1 is 1.20 bits per heavy atom. The highest BCUT2D eigenvalue weighted by atomic mass is 32.2. The maximum atomic E-state index is 11.4. The van der Waals surface area contributed by atoms with Gasteiger partial charge in [-0.15, -0.1) is 11.8 Å². The summed E-state index contributed by atoms with van der Waals surface area (Å²) in [6, 6.07) is 14.8. The predicted octanol–water partition coefficient (Wildman–Crippen LogP) is 3.92. The van der Waals surface area contributed by atoms with E-state index in [1.54, 1.807) is 30.0 Å². The van der Waals surface area contributed by atoms with Crippen molar-refractivity contribution in [2.75, 3.05) is 6.26 Å². The molecule has 0 aliphatic rings. The van der Waals surface area contributed by atoms with E-state index < -0.39 is 12.1 Å². The van der Waals surface area contributed by atoms with E-state index in [1.165, 1.54) is 0 Å². The van der Waals surface area contributed by atoms with E-state index in [0.29, 0.717) is 11.3 Å². The van der Waals surface area contributed by atoms with Crippen LogP contribution < -0.4 is 4.74 Å². The number of carboxylic acids is 1. The Morgan fingerprint density at radius 2 is 1.90 bits per heavy atom. The van der Waals surface area contributed by atoms with Gasteiger partial charge >= 0.3 is 5.97 Å². The first-order valence-corrected chi connectivity index (χ1v) is 7.42. The molecule has 104 valence electrons. The third-order valence-electron chi connectivity index (χ3n) is 2.88. The summed E-state index contributed by atoms with van der Waals surface area (Å²) in [6.07, 6.45) is 0.998. The van der Waals surface area contributed by atoms with E-state index in [1.807, 2.05) is 43.5 Å². The zero-order chi connectivity index (χ0) is 14.5. The standard InChI is InChI=1S/C16H16O3S/c1-11-4-3-5-12(10-11)15(16(17)18)19-13-6-8-14(20-2)9-7-13/h3-10,15H,1-2H3,(H,17,18). The van der Waals surface area contributed by atoms with Crippen LogP contribution in [0.1, 0.15) is 17.2 Å². The van der Waals surface area contributed by atoms with Crippen LogP contribution in [-0.4, -0.2) is 17.3 Å². The van der Waals surface area contributed by atoms with Gasteiger partial charge in [0.05, 0.1) is 0 Å². The smallest absolute Gasteiger partial charge is 0.349 e.